The Hall–Kier alpha value is -1.10. The molecule has 0 saturated heterocycles. The lowest BCUT2D eigenvalue weighted by Crippen LogP contribution is -2.05. The molecule has 0 aromatic heterocycles. The van der Waals surface area contributed by atoms with Crippen LogP contribution in [0.5, 0.6) is 5.75 Å². The number of benzene rings is 2. The van der Waals surface area contributed by atoms with E-state index in [2.05, 4.69) is 15.9 Å². The Morgan fingerprint density at radius 3 is 2.80 bits per heavy atom. The van der Waals surface area contributed by atoms with E-state index < -0.39 is 11.9 Å². The van der Waals surface area contributed by atoms with Crippen molar-refractivity contribution >= 4 is 27.5 Å². The minimum Gasteiger partial charge on any atom is -0.496 e. The number of aliphatic hydroxyl groups is 1. The van der Waals surface area contributed by atoms with Crippen LogP contribution in [-0.4, -0.2) is 12.2 Å². The summed E-state index contributed by atoms with van der Waals surface area (Å²) in [4.78, 5) is 0. The van der Waals surface area contributed by atoms with Gasteiger partial charge >= 0.3 is 0 Å². The number of ether oxygens (including phenoxy) is 1. The SMILES string of the molecule is COc1ccc(Br)cc1CC(O)c1cccc(F)c1Cl. The number of rotatable bonds is 4. The van der Waals surface area contributed by atoms with Gasteiger partial charge in [0, 0.05) is 16.5 Å². The summed E-state index contributed by atoms with van der Waals surface area (Å²) in [7, 11) is 1.56. The Kier molecular flexibility index (Phi) is 5.02. The second kappa shape index (κ2) is 6.57. The van der Waals surface area contributed by atoms with Crippen LogP contribution in [0.3, 0.4) is 0 Å². The van der Waals surface area contributed by atoms with Crippen molar-refractivity contribution in [2.45, 2.75) is 12.5 Å². The maximum Gasteiger partial charge on any atom is 0.142 e. The Balaban J connectivity index is 2.30. The highest BCUT2D eigenvalue weighted by molar-refractivity contribution is 9.10. The number of methoxy groups -OCH3 is 1. The van der Waals surface area contributed by atoms with E-state index in [-0.39, 0.29) is 11.4 Å². The molecular formula is C15H13BrClFO2. The third kappa shape index (κ3) is 3.32. The van der Waals surface area contributed by atoms with Gasteiger partial charge in [-0.05, 0) is 29.8 Å². The van der Waals surface area contributed by atoms with Gasteiger partial charge < -0.3 is 9.84 Å². The average molecular weight is 360 g/mol. The maximum atomic E-state index is 13.4. The molecule has 2 nitrogen and oxygen atoms in total. The molecule has 0 aliphatic carbocycles. The highest BCUT2D eigenvalue weighted by Gasteiger charge is 2.17. The molecule has 0 fully saturated rings. The Morgan fingerprint density at radius 1 is 1.35 bits per heavy atom. The largest absolute Gasteiger partial charge is 0.496 e. The van der Waals surface area contributed by atoms with E-state index in [1.807, 2.05) is 12.1 Å². The molecule has 0 aliphatic heterocycles. The molecule has 2 aromatic rings. The van der Waals surface area contributed by atoms with E-state index in [4.69, 9.17) is 16.3 Å². The first-order chi connectivity index (χ1) is 9.52. The van der Waals surface area contributed by atoms with Crippen LogP contribution in [0, 0.1) is 5.82 Å². The van der Waals surface area contributed by atoms with Crippen LogP contribution in [0.1, 0.15) is 17.2 Å². The Bertz CT molecular complexity index is 619. The summed E-state index contributed by atoms with van der Waals surface area (Å²) in [6.45, 7) is 0. The molecule has 2 aromatic carbocycles. The lowest BCUT2D eigenvalue weighted by atomic mass is 10.0. The number of halogens is 3. The van der Waals surface area contributed by atoms with Gasteiger partial charge in [-0.25, -0.2) is 4.39 Å². The van der Waals surface area contributed by atoms with Gasteiger partial charge in [0.15, 0.2) is 0 Å². The van der Waals surface area contributed by atoms with E-state index in [1.54, 1.807) is 19.2 Å². The predicted molar refractivity (Wildman–Crippen MR) is 80.8 cm³/mol. The Morgan fingerprint density at radius 2 is 2.10 bits per heavy atom. The van der Waals surface area contributed by atoms with Gasteiger partial charge in [0.25, 0.3) is 0 Å². The van der Waals surface area contributed by atoms with Crippen LogP contribution in [0.25, 0.3) is 0 Å². The zero-order chi connectivity index (χ0) is 14.7. The third-order valence-corrected chi connectivity index (χ3v) is 3.89. The van der Waals surface area contributed by atoms with Crippen molar-refractivity contribution in [2.24, 2.45) is 0 Å². The maximum absolute atomic E-state index is 13.4. The van der Waals surface area contributed by atoms with Gasteiger partial charge in [0.1, 0.15) is 11.6 Å². The summed E-state index contributed by atoms with van der Waals surface area (Å²) in [5.41, 5.74) is 1.18. The van der Waals surface area contributed by atoms with Crippen LogP contribution in [0.15, 0.2) is 40.9 Å². The van der Waals surface area contributed by atoms with Crippen molar-refractivity contribution < 1.29 is 14.2 Å². The van der Waals surface area contributed by atoms with Crippen LogP contribution in [-0.2, 0) is 6.42 Å². The molecule has 20 heavy (non-hydrogen) atoms. The topological polar surface area (TPSA) is 29.5 Å². The van der Waals surface area contributed by atoms with Crippen LogP contribution in [0.4, 0.5) is 4.39 Å². The second-order valence-electron chi connectivity index (χ2n) is 4.32. The molecular weight excluding hydrogens is 347 g/mol. The highest BCUT2D eigenvalue weighted by atomic mass is 79.9. The van der Waals surface area contributed by atoms with E-state index in [0.717, 1.165) is 10.0 Å². The smallest absolute Gasteiger partial charge is 0.142 e. The van der Waals surface area contributed by atoms with Crippen molar-refractivity contribution in [2.75, 3.05) is 7.11 Å². The monoisotopic (exact) mass is 358 g/mol. The first-order valence-electron chi connectivity index (χ1n) is 5.97. The van der Waals surface area contributed by atoms with Crippen molar-refractivity contribution in [3.63, 3.8) is 0 Å². The lowest BCUT2D eigenvalue weighted by Gasteiger charge is -2.15. The number of aliphatic hydroxyl groups excluding tert-OH is 1. The summed E-state index contributed by atoms with van der Waals surface area (Å²) in [6.07, 6.45) is -0.618. The van der Waals surface area contributed by atoms with Gasteiger partial charge in [-0.15, -0.1) is 0 Å². The summed E-state index contributed by atoms with van der Waals surface area (Å²) in [5, 5.41) is 10.2. The Labute approximate surface area is 130 Å². The van der Waals surface area contributed by atoms with Crippen LogP contribution >= 0.6 is 27.5 Å². The van der Waals surface area contributed by atoms with Gasteiger partial charge in [-0.1, -0.05) is 39.7 Å². The molecule has 0 heterocycles. The molecule has 0 aliphatic rings. The minimum atomic E-state index is -0.901. The summed E-state index contributed by atoms with van der Waals surface area (Å²) in [6, 6.07) is 9.91. The summed E-state index contributed by atoms with van der Waals surface area (Å²) in [5.74, 6) is 0.129. The molecule has 0 amide bonds. The normalized spacial score (nSPS) is 12.2. The molecule has 1 atom stereocenters. The lowest BCUT2D eigenvalue weighted by molar-refractivity contribution is 0.177. The molecule has 1 N–H and O–H groups in total. The number of hydrogen-bond acceptors (Lipinski definition) is 2. The minimum absolute atomic E-state index is 0.0473. The zero-order valence-corrected chi connectivity index (χ0v) is 13.1. The average Bonchev–Trinajstić information content (AvgIpc) is 2.42. The molecule has 0 bridgehead atoms. The van der Waals surface area contributed by atoms with Crippen molar-refractivity contribution in [3.05, 3.63) is 62.8 Å². The highest BCUT2D eigenvalue weighted by Crippen LogP contribution is 2.31. The summed E-state index contributed by atoms with van der Waals surface area (Å²) >= 11 is 9.26. The third-order valence-electron chi connectivity index (χ3n) is 3.00. The molecule has 0 saturated carbocycles. The molecule has 1 unspecified atom stereocenters. The fourth-order valence-corrected chi connectivity index (χ4v) is 2.66. The zero-order valence-electron chi connectivity index (χ0n) is 10.7. The fourth-order valence-electron chi connectivity index (χ4n) is 2.00. The van der Waals surface area contributed by atoms with E-state index in [1.165, 1.54) is 12.1 Å². The van der Waals surface area contributed by atoms with Crippen LogP contribution in [0.2, 0.25) is 5.02 Å². The standard InChI is InChI=1S/C15H13BrClFO2/c1-20-14-6-5-10(16)7-9(14)8-13(19)11-3-2-4-12(18)15(11)17/h2-7,13,19H,8H2,1H3. The van der Waals surface area contributed by atoms with Crippen molar-refractivity contribution in [1.82, 2.24) is 0 Å². The van der Waals surface area contributed by atoms with Crippen molar-refractivity contribution in [1.29, 1.82) is 0 Å². The molecule has 0 radical (unpaired) electrons. The molecule has 106 valence electrons. The van der Waals surface area contributed by atoms with Gasteiger partial charge in [-0.2, -0.15) is 0 Å². The predicted octanol–water partition coefficient (Wildman–Crippen LogP) is 4.53. The van der Waals surface area contributed by atoms with Gasteiger partial charge in [0.05, 0.1) is 18.2 Å². The number of hydrogen-bond donors (Lipinski definition) is 1. The van der Waals surface area contributed by atoms with Crippen LogP contribution < -0.4 is 4.74 Å². The van der Waals surface area contributed by atoms with Gasteiger partial charge in [-0.3, -0.25) is 0 Å². The molecule has 5 heteroatoms. The molecule has 2 rings (SSSR count). The second-order valence-corrected chi connectivity index (χ2v) is 5.61. The quantitative estimate of drug-likeness (QED) is 0.869. The first kappa shape index (κ1) is 15.3. The van der Waals surface area contributed by atoms with E-state index in [9.17, 15) is 9.50 Å². The van der Waals surface area contributed by atoms with E-state index >= 15 is 0 Å². The van der Waals surface area contributed by atoms with Crippen molar-refractivity contribution in [3.8, 4) is 5.75 Å². The van der Waals surface area contributed by atoms with Gasteiger partial charge in [0.2, 0.25) is 0 Å². The summed E-state index contributed by atoms with van der Waals surface area (Å²) < 4.78 is 19.5. The fraction of sp³-hybridized carbons (Fsp3) is 0.200. The van der Waals surface area contributed by atoms with E-state index in [0.29, 0.717) is 11.3 Å². The first-order valence-corrected chi connectivity index (χ1v) is 7.14. The molecule has 0 spiro atoms.